The van der Waals surface area contributed by atoms with Crippen LogP contribution in [0.15, 0.2) is 53.6 Å². The number of methoxy groups -OCH3 is 1. The summed E-state index contributed by atoms with van der Waals surface area (Å²) in [5.74, 6) is 0.956. The summed E-state index contributed by atoms with van der Waals surface area (Å²) in [6, 6.07) is 13.9. The topological polar surface area (TPSA) is 88.5 Å². The molecule has 0 spiro atoms. The van der Waals surface area contributed by atoms with Crippen LogP contribution < -0.4 is 15.6 Å². The zero-order chi connectivity index (χ0) is 25.9. The maximum absolute atomic E-state index is 13.6. The van der Waals surface area contributed by atoms with Gasteiger partial charge in [-0.15, -0.1) is 0 Å². The number of hydrogen-bond acceptors (Lipinski definition) is 4. The van der Waals surface area contributed by atoms with Crippen LogP contribution in [0.4, 0.5) is 0 Å². The Hall–Kier alpha value is -3.87. The normalized spacial score (nSPS) is 13.8. The van der Waals surface area contributed by atoms with Gasteiger partial charge in [-0.25, -0.2) is 4.98 Å². The lowest BCUT2D eigenvalue weighted by Gasteiger charge is -2.14. The molecule has 1 fully saturated rings. The second-order valence-electron chi connectivity index (χ2n) is 9.94. The van der Waals surface area contributed by atoms with Crippen LogP contribution in [0.5, 0.6) is 5.75 Å². The Bertz CT molecular complexity index is 1480. The molecule has 2 N–H and O–H groups in total. The van der Waals surface area contributed by atoms with E-state index in [0.717, 1.165) is 65.0 Å². The lowest BCUT2D eigenvalue weighted by molar-refractivity contribution is 0.0944. The van der Waals surface area contributed by atoms with Crippen molar-refractivity contribution in [1.82, 2.24) is 19.7 Å². The lowest BCUT2D eigenvalue weighted by Crippen LogP contribution is -2.29. The molecule has 3 heterocycles. The fourth-order valence-corrected chi connectivity index (χ4v) is 5.48. The summed E-state index contributed by atoms with van der Waals surface area (Å²) in [7, 11) is 1.65. The standard InChI is InChI=1S/C30H34N4O3/c1-4-7-22-14-19(2)33-29(35)25(22)17-31-30(36)27-16-23(20-10-12-24(37-3)13-11-20)15-26-28(32-18-34(26)27)21-8-5-6-9-21/h10-16,18,21H,4-9,17H2,1-3H3,(H,31,36)(H,33,35). The number of fused-ring (bicyclic) bond motifs is 1. The number of carbonyl (C=O) groups is 1. The van der Waals surface area contributed by atoms with Crippen LogP contribution in [0.25, 0.3) is 16.6 Å². The van der Waals surface area contributed by atoms with Crippen molar-refractivity contribution in [3.05, 3.63) is 87.4 Å². The van der Waals surface area contributed by atoms with Crippen LogP contribution in [0.3, 0.4) is 0 Å². The zero-order valence-corrected chi connectivity index (χ0v) is 21.8. The third-order valence-electron chi connectivity index (χ3n) is 7.38. The van der Waals surface area contributed by atoms with E-state index >= 15 is 0 Å². The van der Waals surface area contributed by atoms with Crippen molar-refractivity contribution in [1.29, 1.82) is 0 Å². The van der Waals surface area contributed by atoms with Gasteiger partial charge >= 0.3 is 0 Å². The lowest BCUT2D eigenvalue weighted by atomic mass is 10.00. The molecule has 0 unspecified atom stereocenters. The van der Waals surface area contributed by atoms with Gasteiger partial charge in [0.1, 0.15) is 17.8 Å². The highest BCUT2D eigenvalue weighted by atomic mass is 16.5. The number of amides is 1. The quantitative estimate of drug-likeness (QED) is 0.334. The number of imidazole rings is 1. The molecule has 37 heavy (non-hydrogen) atoms. The number of aromatic nitrogens is 3. The molecule has 3 aromatic heterocycles. The minimum atomic E-state index is -0.238. The highest BCUT2D eigenvalue weighted by Crippen LogP contribution is 2.37. The number of nitrogens with one attached hydrogen (secondary N) is 2. The Morgan fingerprint density at radius 3 is 2.59 bits per heavy atom. The Morgan fingerprint density at radius 2 is 1.89 bits per heavy atom. The molecule has 7 heteroatoms. The van der Waals surface area contributed by atoms with E-state index in [1.807, 2.05) is 47.7 Å². The third-order valence-corrected chi connectivity index (χ3v) is 7.38. The number of H-pyrrole nitrogens is 1. The average molecular weight is 499 g/mol. The second-order valence-corrected chi connectivity index (χ2v) is 9.94. The first-order chi connectivity index (χ1) is 18.0. The first kappa shape index (κ1) is 24.8. The molecule has 1 aliphatic carbocycles. The monoisotopic (exact) mass is 498 g/mol. The number of benzene rings is 1. The van der Waals surface area contributed by atoms with E-state index in [1.165, 1.54) is 12.8 Å². The van der Waals surface area contributed by atoms with Crippen LogP contribution in [-0.2, 0) is 13.0 Å². The molecule has 0 atom stereocenters. The van der Waals surface area contributed by atoms with Gasteiger partial charge in [0.05, 0.1) is 18.3 Å². The Balaban J connectivity index is 1.53. The van der Waals surface area contributed by atoms with E-state index in [2.05, 4.69) is 23.3 Å². The van der Waals surface area contributed by atoms with Crippen molar-refractivity contribution in [3.63, 3.8) is 0 Å². The molecule has 5 rings (SSSR count). The molecule has 0 saturated heterocycles. The summed E-state index contributed by atoms with van der Waals surface area (Å²) in [6.45, 7) is 4.13. The summed E-state index contributed by atoms with van der Waals surface area (Å²) in [5.41, 5.74) is 6.74. The maximum atomic E-state index is 13.6. The van der Waals surface area contributed by atoms with E-state index in [1.54, 1.807) is 13.4 Å². The molecular formula is C30H34N4O3. The van der Waals surface area contributed by atoms with Crippen molar-refractivity contribution in [2.24, 2.45) is 0 Å². The van der Waals surface area contributed by atoms with Crippen LogP contribution in [-0.4, -0.2) is 27.4 Å². The van der Waals surface area contributed by atoms with E-state index in [0.29, 0.717) is 17.2 Å². The molecule has 192 valence electrons. The summed E-state index contributed by atoms with van der Waals surface area (Å²) in [4.78, 5) is 34.0. The molecule has 0 bridgehead atoms. The predicted octanol–water partition coefficient (Wildman–Crippen LogP) is 5.55. The Kier molecular flexibility index (Phi) is 7.12. The number of pyridine rings is 2. The first-order valence-electron chi connectivity index (χ1n) is 13.1. The first-order valence-corrected chi connectivity index (χ1v) is 13.1. The zero-order valence-electron chi connectivity index (χ0n) is 21.8. The van der Waals surface area contributed by atoms with Gasteiger partial charge < -0.3 is 15.0 Å². The van der Waals surface area contributed by atoms with Crippen molar-refractivity contribution < 1.29 is 9.53 Å². The Morgan fingerprint density at radius 1 is 1.14 bits per heavy atom. The van der Waals surface area contributed by atoms with Crippen molar-refractivity contribution in [3.8, 4) is 16.9 Å². The largest absolute Gasteiger partial charge is 0.497 e. The number of carbonyl (C=O) groups excluding carboxylic acids is 1. The molecule has 7 nitrogen and oxygen atoms in total. The van der Waals surface area contributed by atoms with Crippen LogP contribution in [0.1, 0.15) is 77.9 Å². The molecule has 1 amide bonds. The summed E-state index contributed by atoms with van der Waals surface area (Å²) in [5, 5.41) is 3.01. The highest BCUT2D eigenvalue weighted by molar-refractivity contribution is 5.95. The van der Waals surface area contributed by atoms with Crippen molar-refractivity contribution >= 4 is 11.4 Å². The van der Waals surface area contributed by atoms with Crippen molar-refractivity contribution in [2.45, 2.75) is 64.8 Å². The number of ether oxygens (including phenoxy) is 1. The van der Waals surface area contributed by atoms with E-state index in [-0.39, 0.29) is 18.0 Å². The molecule has 4 aromatic rings. The van der Waals surface area contributed by atoms with Gasteiger partial charge in [-0.3, -0.25) is 14.0 Å². The molecule has 0 radical (unpaired) electrons. The minimum absolute atomic E-state index is 0.146. The second kappa shape index (κ2) is 10.6. The minimum Gasteiger partial charge on any atom is -0.497 e. The third kappa shape index (κ3) is 5.03. The number of aromatic amines is 1. The molecular weight excluding hydrogens is 464 g/mol. The highest BCUT2D eigenvalue weighted by Gasteiger charge is 2.24. The molecule has 1 saturated carbocycles. The van der Waals surface area contributed by atoms with Crippen LogP contribution in [0.2, 0.25) is 0 Å². The van der Waals surface area contributed by atoms with Gasteiger partial charge in [0.15, 0.2) is 0 Å². The van der Waals surface area contributed by atoms with E-state index in [4.69, 9.17) is 9.72 Å². The number of aryl methyl sites for hydroxylation is 2. The van der Waals surface area contributed by atoms with E-state index in [9.17, 15) is 9.59 Å². The molecule has 1 aromatic carbocycles. The fraction of sp³-hybridized carbons (Fsp3) is 0.367. The predicted molar refractivity (Wildman–Crippen MR) is 145 cm³/mol. The average Bonchev–Trinajstić information content (AvgIpc) is 3.57. The number of hydrogen-bond donors (Lipinski definition) is 2. The molecule has 0 aliphatic heterocycles. The summed E-state index contributed by atoms with van der Waals surface area (Å²) < 4.78 is 7.21. The SMILES string of the molecule is CCCc1cc(C)[nH]c(=O)c1CNC(=O)c1cc(-c2ccc(OC)cc2)cc2c(C3CCCC3)ncn12. The van der Waals surface area contributed by atoms with Crippen LogP contribution >= 0.6 is 0 Å². The van der Waals surface area contributed by atoms with Gasteiger partial charge in [0, 0.05) is 23.7 Å². The summed E-state index contributed by atoms with van der Waals surface area (Å²) in [6.07, 6.45) is 8.14. The van der Waals surface area contributed by atoms with Gasteiger partial charge in [0.25, 0.3) is 11.5 Å². The van der Waals surface area contributed by atoms with Gasteiger partial charge in [-0.2, -0.15) is 0 Å². The van der Waals surface area contributed by atoms with Gasteiger partial charge in [-0.05, 0) is 73.2 Å². The van der Waals surface area contributed by atoms with Gasteiger partial charge in [-0.1, -0.05) is 38.3 Å². The fourth-order valence-electron chi connectivity index (χ4n) is 5.48. The summed E-state index contributed by atoms with van der Waals surface area (Å²) >= 11 is 0. The number of rotatable bonds is 8. The Labute approximate surface area is 216 Å². The van der Waals surface area contributed by atoms with Gasteiger partial charge in [0.2, 0.25) is 0 Å². The van der Waals surface area contributed by atoms with Crippen molar-refractivity contribution in [2.75, 3.05) is 7.11 Å². The smallest absolute Gasteiger partial charge is 0.268 e. The number of nitrogens with zero attached hydrogens (tertiary/aromatic N) is 2. The van der Waals surface area contributed by atoms with Crippen LogP contribution in [0, 0.1) is 6.92 Å². The van der Waals surface area contributed by atoms with E-state index < -0.39 is 0 Å². The molecule has 1 aliphatic rings. The maximum Gasteiger partial charge on any atom is 0.268 e.